The van der Waals surface area contributed by atoms with Gasteiger partial charge in [-0.1, -0.05) is 0 Å². The molecule has 1 fully saturated rings. The number of benzene rings is 1. The van der Waals surface area contributed by atoms with Crippen LogP contribution in [0.1, 0.15) is 35.2 Å². The van der Waals surface area contributed by atoms with Gasteiger partial charge in [-0.3, -0.25) is 9.89 Å². The lowest BCUT2D eigenvalue weighted by Crippen LogP contribution is -2.14. The Bertz CT molecular complexity index is 652. The van der Waals surface area contributed by atoms with Gasteiger partial charge >= 0.3 is 0 Å². The smallest absolute Gasteiger partial charge is 0.295 e. The predicted octanol–water partition coefficient (Wildman–Crippen LogP) is 2.08. The topological polar surface area (TPSA) is 79.9 Å². The van der Waals surface area contributed by atoms with Crippen LogP contribution in [0.25, 0.3) is 0 Å². The van der Waals surface area contributed by atoms with Crippen molar-refractivity contribution in [3.63, 3.8) is 0 Å². The molecule has 0 saturated heterocycles. The minimum atomic E-state index is -0.543. The second-order valence-electron chi connectivity index (χ2n) is 4.62. The highest BCUT2D eigenvalue weighted by Gasteiger charge is 2.28. The summed E-state index contributed by atoms with van der Waals surface area (Å²) in [5.74, 6) is 0.287. The Balaban J connectivity index is 1.72. The number of nitrogens with zero attached hydrogens (tertiary/aromatic N) is 2. The number of aromatic nitrogens is 3. The summed E-state index contributed by atoms with van der Waals surface area (Å²) in [7, 11) is 1.38. The van der Waals surface area contributed by atoms with Gasteiger partial charge in [-0.25, -0.2) is 9.37 Å². The highest BCUT2D eigenvalue weighted by atomic mass is 19.1. The Morgan fingerprint density at radius 2 is 2.30 bits per heavy atom. The average molecular weight is 276 g/mol. The van der Waals surface area contributed by atoms with Crippen molar-refractivity contribution >= 4 is 11.6 Å². The first kappa shape index (κ1) is 12.6. The lowest BCUT2D eigenvalue weighted by Gasteiger charge is -2.05. The van der Waals surface area contributed by atoms with E-state index in [1.54, 1.807) is 6.07 Å². The van der Waals surface area contributed by atoms with Crippen LogP contribution in [-0.4, -0.2) is 28.2 Å². The number of aromatic amines is 1. The number of ether oxygens (including phenoxy) is 1. The van der Waals surface area contributed by atoms with E-state index in [9.17, 15) is 9.18 Å². The van der Waals surface area contributed by atoms with Crippen molar-refractivity contribution in [2.24, 2.45) is 0 Å². The molecule has 1 heterocycles. The molecule has 2 N–H and O–H groups in total. The SMILES string of the molecule is COc1ccc(NC(=O)c2n[nH]c(C3CC3)n2)cc1F. The van der Waals surface area contributed by atoms with Gasteiger partial charge in [0.2, 0.25) is 5.82 Å². The number of halogens is 1. The highest BCUT2D eigenvalue weighted by Crippen LogP contribution is 2.37. The van der Waals surface area contributed by atoms with E-state index in [1.807, 2.05) is 0 Å². The summed E-state index contributed by atoms with van der Waals surface area (Å²) in [5, 5.41) is 9.15. The molecule has 7 heteroatoms. The van der Waals surface area contributed by atoms with E-state index in [0.29, 0.717) is 11.6 Å². The van der Waals surface area contributed by atoms with Crippen LogP contribution in [-0.2, 0) is 0 Å². The summed E-state index contributed by atoms with van der Waals surface area (Å²) in [4.78, 5) is 16.1. The molecule has 3 rings (SSSR count). The van der Waals surface area contributed by atoms with Gasteiger partial charge in [-0.15, -0.1) is 5.10 Å². The molecule has 1 aromatic carbocycles. The third-order valence-electron chi connectivity index (χ3n) is 3.08. The molecule has 0 aliphatic heterocycles. The van der Waals surface area contributed by atoms with Gasteiger partial charge in [-0.05, 0) is 25.0 Å². The highest BCUT2D eigenvalue weighted by molar-refractivity contribution is 6.01. The van der Waals surface area contributed by atoms with Crippen LogP contribution >= 0.6 is 0 Å². The number of amides is 1. The van der Waals surface area contributed by atoms with E-state index in [2.05, 4.69) is 20.5 Å². The third-order valence-corrected chi connectivity index (χ3v) is 3.08. The van der Waals surface area contributed by atoms with Crippen LogP contribution in [0.2, 0.25) is 0 Å². The summed E-state index contributed by atoms with van der Waals surface area (Å²) in [5.41, 5.74) is 0.325. The first-order valence-electron chi connectivity index (χ1n) is 6.24. The summed E-state index contributed by atoms with van der Waals surface area (Å²) in [6.07, 6.45) is 2.14. The number of carbonyl (C=O) groups excluding carboxylic acids is 1. The average Bonchev–Trinajstić information content (AvgIpc) is 3.16. The van der Waals surface area contributed by atoms with Crippen LogP contribution in [0, 0.1) is 5.82 Å². The second-order valence-corrected chi connectivity index (χ2v) is 4.62. The van der Waals surface area contributed by atoms with Crippen LogP contribution in [0.5, 0.6) is 5.75 Å². The first-order chi connectivity index (χ1) is 9.67. The van der Waals surface area contributed by atoms with Crippen LogP contribution in [0.15, 0.2) is 18.2 Å². The lowest BCUT2D eigenvalue weighted by atomic mass is 10.3. The monoisotopic (exact) mass is 276 g/mol. The van der Waals surface area contributed by atoms with E-state index in [4.69, 9.17) is 4.74 Å². The number of hydrogen-bond donors (Lipinski definition) is 2. The summed E-state index contributed by atoms with van der Waals surface area (Å²) >= 11 is 0. The molecule has 0 spiro atoms. The molecule has 104 valence electrons. The number of methoxy groups -OCH3 is 1. The fraction of sp³-hybridized carbons (Fsp3) is 0.308. The second kappa shape index (κ2) is 4.92. The molecule has 20 heavy (non-hydrogen) atoms. The summed E-state index contributed by atoms with van der Waals surface area (Å²) in [6.45, 7) is 0. The molecular weight excluding hydrogens is 263 g/mol. The zero-order chi connectivity index (χ0) is 14.1. The molecule has 1 aliphatic rings. The number of carbonyl (C=O) groups is 1. The molecule has 6 nitrogen and oxygen atoms in total. The molecule has 0 atom stereocenters. The molecule has 0 radical (unpaired) electrons. The Kier molecular flexibility index (Phi) is 3.09. The van der Waals surface area contributed by atoms with Crippen molar-refractivity contribution in [1.82, 2.24) is 15.2 Å². The zero-order valence-corrected chi connectivity index (χ0v) is 10.8. The zero-order valence-electron chi connectivity index (χ0n) is 10.8. The van der Waals surface area contributed by atoms with E-state index in [0.717, 1.165) is 18.7 Å². The molecule has 1 aliphatic carbocycles. The minimum absolute atomic E-state index is 0.0585. The van der Waals surface area contributed by atoms with Gasteiger partial charge in [0.25, 0.3) is 5.91 Å². The Labute approximate surface area is 114 Å². The maximum atomic E-state index is 13.5. The van der Waals surface area contributed by atoms with E-state index in [1.165, 1.54) is 19.2 Å². The molecule has 1 aromatic heterocycles. The van der Waals surface area contributed by atoms with E-state index < -0.39 is 11.7 Å². The van der Waals surface area contributed by atoms with Gasteiger partial charge in [0.1, 0.15) is 5.82 Å². The van der Waals surface area contributed by atoms with Crippen molar-refractivity contribution < 1.29 is 13.9 Å². The standard InChI is InChI=1S/C13H13FN4O2/c1-20-10-5-4-8(6-9(10)14)15-13(19)12-16-11(17-18-12)7-2-3-7/h4-7H,2-3H2,1H3,(H,15,19)(H,16,17,18). The Morgan fingerprint density at radius 3 is 2.95 bits per heavy atom. The van der Waals surface area contributed by atoms with Crippen molar-refractivity contribution in [3.8, 4) is 5.75 Å². The minimum Gasteiger partial charge on any atom is -0.494 e. The maximum Gasteiger partial charge on any atom is 0.295 e. The van der Waals surface area contributed by atoms with E-state index in [-0.39, 0.29) is 11.6 Å². The largest absolute Gasteiger partial charge is 0.494 e. The summed E-state index contributed by atoms with van der Waals surface area (Å²) in [6, 6.07) is 4.18. The van der Waals surface area contributed by atoms with Crippen LogP contribution < -0.4 is 10.1 Å². The van der Waals surface area contributed by atoms with Gasteiger partial charge < -0.3 is 10.1 Å². The van der Waals surface area contributed by atoms with Crippen molar-refractivity contribution in [2.75, 3.05) is 12.4 Å². The maximum absolute atomic E-state index is 13.5. The first-order valence-corrected chi connectivity index (χ1v) is 6.24. The molecule has 0 unspecified atom stereocenters. The predicted molar refractivity (Wildman–Crippen MR) is 69.3 cm³/mol. The summed E-state index contributed by atoms with van der Waals surface area (Å²) < 4.78 is 18.3. The van der Waals surface area contributed by atoms with Crippen molar-refractivity contribution in [1.29, 1.82) is 0 Å². The Morgan fingerprint density at radius 1 is 1.50 bits per heavy atom. The van der Waals surface area contributed by atoms with Crippen molar-refractivity contribution in [3.05, 3.63) is 35.7 Å². The number of rotatable bonds is 4. The quantitative estimate of drug-likeness (QED) is 0.896. The van der Waals surface area contributed by atoms with Crippen molar-refractivity contribution in [2.45, 2.75) is 18.8 Å². The number of nitrogens with one attached hydrogen (secondary N) is 2. The van der Waals surface area contributed by atoms with Gasteiger partial charge in [-0.2, -0.15) is 0 Å². The molecule has 1 amide bonds. The van der Waals surface area contributed by atoms with Gasteiger partial charge in [0.15, 0.2) is 11.6 Å². The number of hydrogen-bond acceptors (Lipinski definition) is 4. The molecular formula is C13H13FN4O2. The fourth-order valence-corrected chi connectivity index (χ4v) is 1.85. The Hall–Kier alpha value is -2.44. The van der Waals surface area contributed by atoms with Crippen LogP contribution in [0.3, 0.4) is 0 Å². The number of H-pyrrole nitrogens is 1. The van der Waals surface area contributed by atoms with Gasteiger partial charge in [0, 0.05) is 17.7 Å². The van der Waals surface area contributed by atoms with E-state index >= 15 is 0 Å². The van der Waals surface area contributed by atoms with Crippen LogP contribution in [0.4, 0.5) is 10.1 Å². The fourth-order valence-electron chi connectivity index (χ4n) is 1.85. The third kappa shape index (κ3) is 2.47. The molecule has 0 bridgehead atoms. The molecule has 1 saturated carbocycles. The normalized spacial score (nSPS) is 14.1. The lowest BCUT2D eigenvalue weighted by molar-refractivity contribution is 0.101. The number of anilines is 1. The van der Waals surface area contributed by atoms with Gasteiger partial charge in [0.05, 0.1) is 7.11 Å². The molecule has 2 aromatic rings.